The number of carboxylic acid groups (broad SMARTS) is 1. The van der Waals surface area contributed by atoms with Gasteiger partial charge in [-0.15, -0.1) is 0 Å². The van der Waals surface area contributed by atoms with Gasteiger partial charge < -0.3 is 10.0 Å². The molecule has 1 aliphatic rings. The lowest BCUT2D eigenvalue weighted by molar-refractivity contribution is -0.149. The summed E-state index contributed by atoms with van der Waals surface area (Å²) in [5.74, 6) is -5.33. The van der Waals surface area contributed by atoms with Crippen molar-refractivity contribution in [2.45, 2.75) is 18.8 Å². The highest BCUT2D eigenvalue weighted by molar-refractivity contribution is 5.99. The Hall–Kier alpha value is -1.98. The monoisotopic (exact) mass is 269 g/mol. The van der Waals surface area contributed by atoms with Crippen molar-refractivity contribution in [2.75, 3.05) is 11.4 Å². The number of aliphatic carboxylic acids is 1. The van der Waals surface area contributed by atoms with Crippen LogP contribution in [0.4, 0.5) is 14.5 Å². The number of alkyl halides is 2. The molecule has 2 rings (SSSR count). The average Bonchev–Trinajstić information content (AvgIpc) is 2.33. The zero-order chi connectivity index (χ0) is 14.0. The third-order valence-electron chi connectivity index (χ3n) is 3.07. The maximum atomic E-state index is 12.8. The number of halogens is 2. The molecular formula is C13H13F2NO3. The summed E-state index contributed by atoms with van der Waals surface area (Å²) in [5, 5.41) is 8.83. The summed E-state index contributed by atoms with van der Waals surface area (Å²) in [5.41, 5.74) is 0.408. The van der Waals surface area contributed by atoms with E-state index in [0.29, 0.717) is 5.69 Å². The zero-order valence-electron chi connectivity index (χ0n) is 10.1. The van der Waals surface area contributed by atoms with Gasteiger partial charge in [-0.25, -0.2) is 8.78 Å². The minimum atomic E-state index is -2.80. The van der Waals surface area contributed by atoms with E-state index in [9.17, 15) is 18.4 Å². The molecule has 0 saturated heterocycles. The summed E-state index contributed by atoms with van der Waals surface area (Å²) in [6.45, 7) is -0.523. The van der Waals surface area contributed by atoms with E-state index in [4.69, 9.17) is 5.11 Å². The Labute approximate surface area is 108 Å². The number of benzene rings is 1. The number of anilines is 1. The second-order valence-electron chi connectivity index (χ2n) is 4.61. The number of carbonyl (C=O) groups excluding carboxylic acids is 1. The largest absolute Gasteiger partial charge is 0.480 e. The van der Waals surface area contributed by atoms with Crippen molar-refractivity contribution in [3.8, 4) is 0 Å². The van der Waals surface area contributed by atoms with Crippen molar-refractivity contribution in [1.29, 1.82) is 0 Å². The zero-order valence-corrected chi connectivity index (χ0v) is 10.1. The summed E-state index contributed by atoms with van der Waals surface area (Å²) in [7, 11) is 0. The van der Waals surface area contributed by atoms with Crippen LogP contribution in [0.15, 0.2) is 30.3 Å². The Morgan fingerprint density at radius 3 is 2.32 bits per heavy atom. The molecule has 19 heavy (non-hydrogen) atoms. The minimum Gasteiger partial charge on any atom is -0.480 e. The summed E-state index contributed by atoms with van der Waals surface area (Å²) in [4.78, 5) is 23.9. The van der Waals surface area contributed by atoms with E-state index in [-0.39, 0.29) is 0 Å². The van der Waals surface area contributed by atoms with Gasteiger partial charge in [-0.2, -0.15) is 0 Å². The molecule has 0 aliphatic heterocycles. The summed E-state index contributed by atoms with van der Waals surface area (Å²) in [6, 6.07) is 8.21. The Kier molecular flexibility index (Phi) is 3.50. The fourth-order valence-electron chi connectivity index (χ4n) is 2.10. The van der Waals surface area contributed by atoms with Crippen molar-refractivity contribution in [3.63, 3.8) is 0 Å². The molecule has 1 saturated carbocycles. The highest BCUT2D eigenvalue weighted by Gasteiger charge is 2.50. The van der Waals surface area contributed by atoms with Crippen LogP contribution in [0, 0.1) is 5.92 Å². The fourth-order valence-corrected chi connectivity index (χ4v) is 2.10. The van der Waals surface area contributed by atoms with Gasteiger partial charge in [0.1, 0.15) is 6.54 Å². The molecular weight excluding hydrogens is 256 g/mol. The van der Waals surface area contributed by atoms with Crippen LogP contribution in [0.1, 0.15) is 12.8 Å². The van der Waals surface area contributed by atoms with Gasteiger partial charge in [-0.3, -0.25) is 9.59 Å². The van der Waals surface area contributed by atoms with Gasteiger partial charge in [0.15, 0.2) is 0 Å². The van der Waals surface area contributed by atoms with Gasteiger partial charge in [0, 0.05) is 24.4 Å². The van der Waals surface area contributed by atoms with E-state index in [1.54, 1.807) is 30.3 Å². The first-order valence-corrected chi connectivity index (χ1v) is 5.85. The van der Waals surface area contributed by atoms with E-state index in [2.05, 4.69) is 0 Å². The van der Waals surface area contributed by atoms with E-state index >= 15 is 0 Å². The van der Waals surface area contributed by atoms with Crippen LogP contribution >= 0.6 is 0 Å². The van der Waals surface area contributed by atoms with Crippen LogP contribution in [-0.2, 0) is 9.59 Å². The van der Waals surface area contributed by atoms with Gasteiger partial charge in [0.25, 0.3) is 0 Å². The van der Waals surface area contributed by atoms with Crippen LogP contribution in [0.3, 0.4) is 0 Å². The number of rotatable bonds is 4. The van der Waals surface area contributed by atoms with Crippen LogP contribution in [0.5, 0.6) is 0 Å². The van der Waals surface area contributed by atoms with Crippen LogP contribution in [0.2, 0.25) is 0 Å². The predicted molar refractivity (Wildman–Crippen MR) is 64.1 cm³/mol. The number of nitrogens with zero attached hydrogens (tertiary/aromatic N) is 1. The first-order chi connectivity index (χ1) is 8.89. The van der Waals surface area contributed by atoms with Gasteiger partial charge in [-0.1, -0.05) is 18.2 Å². The van der Waals surface area contributed by atoms with E-state index in [0.717, 1.165) is 4.90 Å². The summed E-state index contributed by atoms with van der Waals surface area (Å²) < 4.78 is 25.6. The summed E-state index contributed by atoms with van der Waals surface area (Å²) >= 11 is 0. The highest BCUT2D eigenvalue weighted by Crippen LogP contribution is 2.43. The normalized spacial score (nSPS) is 17.6. The molecule has 0 bridgehead atoms. The second-order valence-corrected chi connectivity index (χ2v) is 4.61. The van der Waals surface area contributed by atoms with Gasteiger partial charge in [0.05, 0.1) is 0 Å². The van der Waals surface area contributed by atoms with Crippen LogP contribution < -0.4 is 4.90 Å². The Morgan fingerprint density at radius 1 is 1.26 bits per heavy atom. The van der Waals surface area contributed by atoms with Crippen molar-refractivity contribution >= 4 is 17.6 Å². The second kappa shape index (κ2) is 4.95. The van der Waals surface area contributed by atoms with Crippen molar-refractivity contribution in [1.82, 2.24) is 0 Å². The van der Waals surface area contributed by atoms with Crippen LogP contribution in [0.25, 0.3) is 0 Å². The van der Waals surface area contributed by atoms with E-state index in [1.165, 1.54) is 0 Å². The Balaban J connectivity index is 2.15. The lowest BCUT2D eigenvalue weighted by Gasteiger charge is -2.36. The molecule has 1 aromatic rings. The van der Waals surface area contributed by atoms with Gasteiger partial charge in [0.2, 0.25) is 11.8 Å². The Bertz CT molecular complexity index is 482. The first kappa shape index (κ1) is 13.5. The number of carbonyl (C=O) groups is 2. The Morgan fingerprint density at radius 2 is 1.84 bits per heavy atom. The number of hydrogen-bond acceptors (Lipinski definition) is 2. The predicted octanol–water partition coefficient (Wildman–Crippen LogP) is 2.15. The number of hydrogen-bond donors (Lipinski definition) is 1. The third-order valence-corrected chi connectivity index (χ3v) is 3.07. The number of carboxylic acids is 1. The van der Waals surface area contributed by atoms with Crippen LogP contribution in [-0.4, -0.2) is 29.5 Å². The highest BCUT2D eigenvalue weighted by atomic mass is 19.3. The molecule has 4 nitrogen and oxygen atoms in total. The number of para-hydroxylation sites is 1. The van der Waals surface area contributed by atoms with Crippen molar-refractivity contribution < 1.29 is 23.5 Å². The molecule has 0 heterocycles. The average molecular weight is 269 g/mol. The molecule has 0 spiro atoms. The maximum Gasteiger partial charge on any atom is 0.323 e. The standard InChI is InChI=1S/C13H13F2NO3/c14-13(15)6-9(7-13)12(19)16(8-11(17)18)10-4-2-1-3-5-10/h1-5,9H,6-8H2,(H,17,18). The van der Waals surface area contributed by atoms with Crippen molar-refractivity contribution in [2.24, 2.45) is 5.92 Å². The molecule has 6 heteroatoms. The smallest absolute Gasteiger partial charge is 0.323 e. The molecule has 0 aromatic heterocycles. The number of amides is 1. The molecule has 0 unspecified atom stereocenters. The fraction of sp³-hybridized carbons (Fsp3) is 0.385. The third kappa shape index (κ3) is 3.07. The minimum absolute atomic E-state index is 0.408. The molecule has 102 valence electrons. The van der Waals surface area contributed by atoms with Gasteiger partial charge in [-0.05, 0) is 12.1 Å². The SMILES string of the molecule is O=C(O)CN(C(=O)C1CC(F)(F)C1)c1ccccc1. The molecule has 0 atom stereocenters. The molecule has 0 radical (unpaired) electrons. The molecule has 1 amide bonds. The molecule has 1 N–H and O–H groups in total. The van der Waals surface area contributed by atoms with Crippen molar-refractivity contribution in [3.05, 3.63) is 30.3 Å². The summed E-state index contributed by atoms with van der Waals surface area (Å²) in [6.07, 6.45) is -1.01. The molecule has 1 fully saturated rings. The lowest BCUT2D eigenvalue weighted by atomic mass is 9.80. The lowest BCUT2D eigenvalue weighted by Crippen LogP contribution is -2.48. The van der Waals surface area contributed by atoms with E-state index < -0.39 is 43.1 Å². The maximum absolute atomic E-state index is 12.8. The van der Waals surface area contributed by atoms with E-state index in [1.807, 2.05) is 0 Å². The molecule has 1 aliphatic carbocycles. The quantitative estimate of drug-likeness (QED) is 0.911. The molecule has 1 aromatic carbocycles. The first-order valence-electron chi connectivity index (χ1n) is 5.85. The van der Waals surface area contributed by atoms with Gasteiger partial charge >= 0.3 is 5.97 Å². The topological polar surface area (TPSA) is 57.6 Å².